The Kier molecular flexibility index (Phi) is 3.38. The SMILES string of the molecule is Cc1cc(-n2cncn2)ccc1C(=O)Nc1cccnn1. The number of rotatable bonds is 3. The van der Waals surface area contributed by atoms with Crippen LogP contribution in [0.15, 0.2) is 49.2 Å². The minimum Gasteiger partial charge on any atom is -0.305 e. The van der Waals surface area contributed by atoms with E-state index in [0.29, 0.717) is 11.4 Å². The van der Waals surface area contributed by atoms with Gasteiger partial charge in [-0.3, -0.25) is 4.79 Å². The van der Waals surface area contributed by atoms with E-state index in [1.807, 2.05) is 19.1 Å². The van der Waals surface area contributed by atoms with Crippen LogP contribution in [0.5, 0.6) is 0 Å². The summed E-state index contributed by atoms with van der Waals surface area (Å²) in [6.45, 7) is 1.87. The summed E-state index contributed by atoms with van der Waals surface area (Å²) in [5.41, 5.74) is 2.26. The lowest BCUT2D eigenvalue weighted by atomic mass is 10.1. The molecule has 0 aliphatic carbocycles. The molecule has 3 rings (SSSR count). The Hall–Kier alpha value is -3.09. The number of aryl methyl sites for hydroxylation is 1. The van der Waals surface area contributed by atoms with E-state index >= 15 is 0 Å². The molecule has 7 nitrogen and oxygen atoms in total. The summed E-state index contributed by atoms with van der Waals surface area (Å²) in [5, 5.41) is 14.3. The monoisotopic (exact) mass is 280 g/mol. The first-order valence-electron chi connectivity index (χ1n) is 6.29. The van der Waals surface area contributed by atoms with Gasteiger partial charge in [0.05, 0.1) is 5.69 Å². The lowest BCUT2D eigenvalue weighted by Gasteiger charge is -2.08. The van der Waals surface area contributed by atoms with Crippen molar-refractivity contribution in [1.82, 2.24) is 25.0 Å². The van der Waals surface area contributed by atoms with Crippen molar-refractivity contribution >= 4 is 11.7 Å². The molecular weight excluding hydrogens is 268 g/mol. The Bertz CT molecular complexity index is 754. The van der Waals surface area contributed by atoms with Crippen molar-refractivity contribution in [1.29, 1.82) is 0 Å². The summed E-state index contributed by atoms with van der Waals surface area (Å²) in [6.07, 6.45) is 4.62. The molecule has 2 aromatic heterocycles. The van der Waals surface area contributed by atoms with Crippen LogP contribution in [0.4, 0.5) is 5.82 Å². The van der Waals surface area contributed by atoms with Gasteiger partial charge < -0.3 is 5.32 Å². The molecule has 0 bridgehead atoms. The summed E-state index contributed by atoms with van der Waals surface area (Å²) in [7, 11) is 0. The highest BCUT2D eigenvalue weighted by molar-refractivity contribution is 6.04. The van der Waals surface area contributed by atoms with Crippen molar-refractivity contribution in [2.24, 2.45) is 0 Å². The molecule has 7 heteroatoms. The van der Waals surface area contributed by atoms with E-state index in [1.165, 1.54) is 6.33 Å². The molecule has 0 aliphatic heterocycles. The van der Waals surface area contributed by atoms with Crippen LogP contribution in [-0.4, -0.2) is 30.9 Å². The van der Waals surface area contributed by atoms with E-state index in [9.17, 15) is 4.79 Å². The zero-order valence-electron chi connectivity index (χ0n) is 11.3. The number of carbonyl (C=O) groups is 1. The first-order valence-corrected chi connectivity index (χ1v) is 6.29. The highest BCUT2D eigenvalue weighted by atomic mass is 16.1. The summed E-state index contributed by atoms with van der Waals surface area (Å²) < 4.78 is 1.64. The third kappa shape index (κ3) is 2.76. The zero-order valence-corrected chi connectivity index (χ0v) is 11.3. The molecule has 0 fully saturated rings. The average molecular weight is 280 g/mol. The molecule has 0 atom stereocenters. The van der Waals surface area contributed by atoms with Crippen molar-refractivity contribution in [3.63, 3.8) is 0 Å². The standard InChI is InChI=1S/C14H12N6O/c1-10-7-11(20-9-15-8-17-20)4-5-12(10)14(21)18-13-3-2-6-16-19-13/h2-9H,1H3,(H,18,19,21). The number of benzene rings is 1. The lowest BCUT2D eigenvalue weighted by Crippen LogP contribution is -2.14. The second-order valence-electron chi connectivity index (χ2n) is 4.40. The van der Waals surface area contributed by atoms with Crippen molar-refractivity contribution in [3.05, 3.63) is 60.3 Å². The van der Waals surface area contributed by atoms with Crippen LogP contribution < -0.4 is 5.32 Å². The molecule has 0 unspecified atom stereocenters. The molecule has 0 aliphatic rings. The molecular formula is C14H12N6O. The van der Waals surface area contributed by atoms with Crippen molar-refractivity contribution in [2.75, 3.05) is 5.32 Å². The van der Waals surface area contributed by atoms with E-state index < -0.39 is 0 Å². The molecule has 3 aromatic rings. The number of nitrogens with one attached hydrogen (secondary N) is 1. The van der Waals surface area contributed by atoms with Gasteiger partial charge in [-0.15, -0.1) is 5.10 Å². The highest BCUT2D eigenvalue weighted by Crippen LogP contribution is 2.15. The summed E-state index contributed by atoms with van der Waals surface area (Å²) in [6, 6.07) is 8.83. The first-order chi connectivity index (χ1) is 10.2. The molecule has 0 spiro atoms. The van der Waals surface area contributed by atoms with Crippen molar-refractivity contribution in [2.45, 2.75) is 6.92 Å². The Morgan fingerprint density at radius 2 is 2.19 bits per heavy atom. The van der Waals surface area contributed by atoms with E-state index in [-0.39, 0.29) is 5.91 Å². The van der Waals surface area contributed by atoms with Gasteiger partial charge in [0.1, 0.15) is 12.7 Å². The number of hydrogen-bond donors (Lipinski definition) is 1. The van der Waals surface area contributed by atoms with E-state index in [0.717, 1.165) is 11.3 Å². The number of nitrogens with zero attached hydrogens (tertiary/aromatic N) is 5. The normalized spacial score (nSPS) is 10.3. The largest absolute Gasteiger partial charge is 0.305 e. The second-order valence-corrected chi connectivity index (χ2v) is 4.40. The van der Waals surface area contributed by atoms with Gasteiger partial charge in [0.25, 0.3) is 5.91 Å². The van der Waals surface area contributed by atoms with Gasteiger partial charge in [-0.05, 0) is 42.8 Å². The molecule has 1 aromatic carbocycles. The maximum Gasteiger partial charge on any atom is 0.257 e. The van der Waals surface area contributed by atoms with Gasteiger partial charge in [-0.25, -0.2) is 9.67 Å². The van der Waals surface area contributed by atoms with Crippen LogP contribution in [0.1, 0.15) is 15.9 Å². The third-order valence-electron chi connectivity index (χ3n) is 2.95. The fourth-order valence-corrected chi connectivity index (χ4v) is 1.94. The Morgan fingerprint density at radius 3 is 2.86 bits per heavy atom. The van der Waals surface area contributed by atoms with Gasteiger partial charge in [0.15, 0.2) is 5.82 Å². The summed E-state index contributed by atoms with van der Waals surface area (Å²) in [4.78, 5) is 16.1. The van der Waals surface area contributed by atoms with Crippen LogP contribution in [0.25, 0.3) is 5.69 Å². The minimum atomic E-state index is -0.224. The van der Waals surface area contributed by atoms with Gasteiger partial charge in [0.2, 0.25) is 0 Å². The highest BCUT2D eigenvalue weighted by Gasteiger charge is 2.11. The topological polar surface area (TPSA) is 85.6 Å². The molecule has 1 N–H and O–H groups in total. The Balaban J connectivity index is 1.84. The van der Waals surface area contributed by atoms with E-state index in [4.69, 9.17) is 0 Å². The smallest absolute Gasteiger partial charge is 0.257 e. The number of anilines is 1. The van der Waals surface area contributed by atoms with E-state index in [1.54, 1.807) is 35.4 Å². The van der Waals surface area contributed by atoms with Crippen LogP contribution in [0.2, 0.25) is 0 Å². The summed E-state index contributed by atoms with van der Waals surface area (Å²) in [5.74, 6) is 0.195. The van der Waals surface area contributed by atoms with Crippen LogP contribution in [-0.2, 0) is 0 Å². The number of carbonyl (C=O) groups excluding carboxylic acids is 1. The van der Waals surface area contributed by atoms with Gasteiger partial charge in [-0.1, -0.05) is 0 Å². The molecule has 1 amide bonds. The van der Waals surface area contributed by atoms with Gasteiger partial charge >= 0.3 is 0 Å². The fraction of sp³-hybridized carbons (Fsp3) is 0.0714. The second kappa shape index (κ2) is 5.49. The predicted molar refractivity (Wildman–Crippen MR) is 76.1 cm³/mol. The van der Waals surface area contributed by atoms with Crippen LogP contribution in [0.3, 0.4) is 0 Å². The molecule has 104 valence electrons. The Morgan fingerprint density at radius 1 is 1.29 bits per heavy atom. The van der Waals surface area contributed by atoms with Gasteiger partial charge in [-0.2, -0.15) is 10.2 Å². The Labute approximate surface area is 120 Å². The number of hydrogen-bond acceptors (Lipinski definition) is 5. The lowest BCUT2D eigenvalue weighted by molar-refractivity contribution is 0.102. The molecule has 0 saturated carbocycles. The van der Waals surface area contributed by atoms with Crippen molar-refractivity contribution < 1.29 is 4.79 Å². The van der Waals surface area contributed by atoms with Gasteiger partial charge in [0, 0.05) is 11.8 Å². The van der Waals surface area contributed by atoms with Crippen molar-refractivity contribution in [3.8, 4) is 5.69 Å². The quantitative estimate of drug-likeness (QED) is 0.788. The molecule has 21 heavy (non-hydrogen) atoms. The molecule has 2 heterocycles. The molecule has 0 saturated heterocycles. The minimum absolute atomic E-state index is 0.224. The predicted octanol–water partition coefficient (Wildman–Crippen LogP) is 1.62. The van der Waals surface area contributed by atoms with Crippen LogP contribution in [0, 0.1) is 6.92 Å². The average Bonchev–Trinajstić information content (AvgIpc) is 3.02. The fourth-order valence-electron chi connectivity index (χ4n) is 1.94. The maximum atomic E-state index is 12.2. The first kappa shape index (κ1) is 12.9. The molecule has 0 radical (unpaired) electrons. The summed E-state index contributed by atoms with van der Waals surface area (Å²) >= 11 is 0. The van der Waals surface area contributed by atoms with Crippen LogP contribution >= 0.6 is 0 Å². The third-order valence-corrected chi connectivity index (χ3v) is 2.95. The van der Waals surface area contributed by atoms with E-state index in [2.05, 4.69) is 25.6 Å². The number of amides is 1. The number of aromatic nitrogens is 5. The zero-order chi connectivity index (χ0) is 14.7. The maximum absolute atomic E-state index is 12.2.